The van der Waals surface area contributed by atoms with Crippen LogP contribution >= 0.6 is 0 Å². The molecule has 1 saturated heterocycles. The molecule has 3 rings (SSSR count). The third-order valence-corrected chi connectivity index (χ3v) is 3.63. The first kappa shape index (κ1) is 12.6. The summed E-state index contributed by atoms with van der Waals surface area (Å²) in [6.07, 6.45) is 7.20. The lowest BCUT2D eigenvalue weighted by Gasteiger charge is -2.26. The van der Waals surface area contributed by atoms with Gasteiger partial charge in [0.1, 0.15) is 5.82 Å². The third kappa shape index (κ3) is 2.34. The molecule has 102 valence electrons. The summed E-state index contributed by atoms with van der Waals surface area (Å²) in [6.45, 7) is 0.937. The van der Waals surface area contributed by atoms with E-state index in [0.717, 1.165) is 25.2 Å². The number of aromatic carboxylic acids is 1. The van der Waals surface area contributed by atoms with Gasteiger partial charge in [-0.3, -0.25) is 4.98 Å². The number of carboxylic acids is 1. The maximum Gasteiger partial charge on any atom is 0.337 e. The monoisotopic (exact) mass is 269 g/mol. The average molecular weight is 269 g/mol. The molecule has 1 unspecified atom stereocenters. The fraction of sp³-hybridized carbons (Fsp3) is 0.267. The molecule has 0 radical (unpaired) electrons. The zero-order valence-corrected chi connectivity index (χ0v) is 10.9. The van der Waals surface area contributed by atoms with E-state index in [-0.39, 0.29) is 5.56 Å². The molecule has 0 spiro atoms. The molecule has 0 amide bonds. The second kappa shape index (κ2) is 5.28. The highest BCUT2D eigenvalue weighted by atomic mass is 16.4. The number of hydrogen-bond donors (Lipinski definition) is 1. The van der Waals surface area contributed by atoms with Crippen LogP contribution in [0.4, 0.5) is 5.82 Å². The molecule has 0 aliphatic carbocycles. The standard InChI is InChI=1S/C15H15N3O2/c19-15(20)12-3-4-14(17-10-12)18-9-1-2-13(18)11-5-7-16-8-6-11/h3-8,10,13H,1-2,9H2,(H,19,20). The maximum atomic E-state index is 10.9. The molecule has 3 heterocycles. The first-order valence-corrected chi connectivity index (χ1v) is 6.61. The number of pyridine rings is 2. The van der Waals surface area contributed by atoms with Crippen molar-refractivity contribution in [1.82, 2.24) is 9.97 Å². The number of rotatable bonds is 3. The molecule has 1 N–H and O–H groups in total. The van der Waals surface area contributed by atoms with E-state index in [1.807, 2.05) is 12.1 Å². The average Bonchev–Trinajstić information content (AvgIpc) is 2.97. The van der Waals surface area contributed by atoms with E-state index in [2.05, 4.69) is 14.9 Å². The largest absolute Gasteiger partial charge is 0.478 e. The van der Waals surface area contributed by atoms with Gasteiger partial charge in [0.05, 0.1) is 11.6 Å². The van der Waals surface area contributed by atoms with E-state index in [1.54, 1.807) is 24.5 Å². The number of hydrogen-bond acceptors (Lipinski definition) is 4. The Kier molecular flexibility index (Phi) is 3.33. The molecular formula is C15H15N3O2. The van der Waals surface area contributed by atoms with Crippen LogP contribution in [0.2, 0.25) is 0 Å². The summed E-state index contributed by atoms with van der Waals surface area (Å²) in [5.74, 6) is -0.120. The molecule has 0 saturated carbocycles. The van der Waals surface area contributed by atoms with Crippen LogP contribution in [0.3, 0.4) is 0 Å². The maximum absolute atomic E-state index is 10.9. The van der Waals surface area contributed by atoms with Crippen molar-refractivity contribution in [1.29, 1.82) is 0 Å². The van der Waals surface area contributed by atoms with E-state index in [9.17, 15) is 4.79 Å². The molecule has 1 aliphatic rings. The van der Waals surface area contributed by atoms with E-state index in [1.165, 1.54) is 11.8 Å². The van der Waals surface area contributed by atoms with Gasteiger partial charge in [-0.2, -0.15) is 0 Å². The summed E-state index contributed by atoms with van der Waals surface area (Å²) in [5, 5.41) is 8.91. The minimum atomic E-state index is -0.948. The Morgan fingerprint density at radius 2 is 2.05 bits per heavy atom. The van der Waals surface area contributed by atoms with Gasteiger partial charge in [0.15, 0.2) is 0 Å². The fourth-order valence-corrected chi connectivity index (χ4v) is 2.66. The molecule has 1 aliphatic heterocycles. The minimum absolute atomic E-state index is 0.216. The van der Waals surface area contributed by atoms with Gasteiger partial charge in [0.2, 0.25) is 0 Å². The molecule has 5 heteroatoms. The van der Waals surface area contributed by atoms with Gasteiger partial charge in [-0.15, -0.1) is 0 Å². The van der Waals surface area contributed by atoms with E-state index in [0.29, 0.717) is 6.04 Å². The summed E-state index contributed by atoms with van der Waals surface area (Å²) < 4.78 is 0. The van der Waals surface area contributed by atoms with Crippen molar-refractivity contribution in [3.05, 3.63) is 54.0 Å². The van der Waals surface area contributed by atoms with Gasteiger partial charge >= 0.3 is 5.97 Å². The Balaban J connectivity index is 1.87. The lowest BCUT2D eigenvalue weighted by atomic mass is 10.1. The Labute approximate surface area is 116 Å². The Morgan fingerprint density at radius 3 is 2.70 bits per heavy atom. The SMILES string of the molecule is O=C(O)c1ccc(N2CCCC2c2ccncc2)nc1. The lowest BCUT2D eigenvalue weighted by Crippen LogP contribution is -2.23. The van der Waals surface area contributed by atoms with Crippen molar-refractivity contribution < 1.29 is 9.90 Å². The Morgan fingerprint density at radius 1 is 1.25 bits per heavy atom. The Hall–Kier alpha value is -2.43. The smallest absolute Gasteiger partial charge is 0.337 e. The molecule has 2 aromatic heterocycles. The van der Waals surface area contributed by atoms with Crippen molar-refractivity contribution in [3.8, 4) is 0 Å². The molecule has 1 fully saturated rings. The summed E-state index contributed by atoms with van der Waals surface area (Å²) in [5.41, 5.74) is 1.44. The highest BCUT2D eigenvalue weighted by molar-refractivity contribution is 5.87. The molecular weight excluding hydrogens is 254 g/mol. The quantitative estimate of drug-likeness (QED) is 0.927. The number of carboxylic acid groups (broad SMARTS) is 1. The van der Waals surface area contributed by atoms with Gasteiger partial charge in [-0.05, 0) is 42.7 Å². The summed E-state index contributed by atoms with van der Waals surface area (Å²) in [4.78, 5) is 21.4. The van der Waals surface area contributed by atoms with Gasteiger partial charge in [0.25, 0.3) is 0 Å². The van der Waals surface area contributed by atoms with Gasteiger partial charge < -0.3 is 10.0 Å². The van der Waals surface area contributed by atoms with E-state index < -0.39 is 5.97 Å². The van der Waals surface area contributed by atoms with E-state index >= 15 is 0 Å². The number of anilines is 1. The summed E-state index contributed by atoms with van der Waals surface area (Å²) in [7, 11) is 0. The minimum Gasteiger partial charge on any atom is -0.478 e. The molecule has 0 aromatic carbocycles. The van der Waals surface area contributed by atoms with Gasteiger partial charge in [0, 0.05) is 25.1 Å². The molecule has 20 heavy (non-hydrogen) atoms. The lowest BCUT2D eigenvalue weighted by molar-refractivity contribution is 0.0696. The summed E-state index contributed by atoms with van der Waals surface area (Å²) in [6, 6.07) is 7.72. The second-order valence-electron chi connectivity index (χ2n) is 4.84. The van der Waals surface area contributed by atoms with Gasteiger partial charge in [-0.25, -0.2) is 9.78 Å². The zero-order chi connectivity index (χ0) is 13.9. The Bertz CT molecular complexity index is 598. The van der Waals surface area contributed by atoms with Crippen molar-refractivity contribution in [2.75, 3.05) is 11.4 Å². The third-order valence-electron chi connectivity index (χ3n) is 3.63. The van der Waals surface area contributed by atoms with Crippen LogP contribution in [0.25, 0.3) is 0 Å². The normalized spacial score (nSPS) is 18.2. The van der Waals surface area contributed by atoms with Crippen LogP contribution in [0.1, 0.15) is 34.8 Å². The number of carbonyl (C=O) groups is 1. The van der Waals surface area contributed by atoms with Gasteiger partial charge in [-0.1, -0.05) is 0 Å². The molecule has 0 bridgehead atoms. The van der Waals surface area contributed by atoms with Crippen LogP contribution in [-0.2, 0) is 0 Å². The van der Waals surface area contributed by atoms with Crippen molar-refractivity contribution in [2.24, 2.45) is 0 Å². The molecule has 5 nitrogen and oxygen atoms in total. The number of aromatic nitrogens is 2. The molecule has 1 atom stereocenters. The zero-order valence-electron chi connectivity index (χ0n) is 10.9. The topological polar surface area (TPSA) is 66.3 Å². The van der Waals surface area contributed by atoms with E-state index in [4.69, 9.17) is 5.11 Å². The second-order valence-corrected chi connectivity index (χ2v) is 4.84. The van der Waals surface area contributed by atoms with Crippen LogP contribution in [0.5, 0.6) is 0 Å². The van der Waals surface area contributed by atoms with Crippen molar-refractivity contribution in [3.63, 3.8) is 0 Å². The number of nitrogens with zero attached hydrogens (tertiary/aromatic N) is 3. The molecule has 2 aromatic rings. The van der Waals surface area contributed by atoms with Crippen LogP contribution in [0.15, 0.2) is 42.9 Å². The first-order chi connectivity index (χ1) is 9.75. The summed E-state index contributed by atoms with van der Waals surface area (Å²) >= 11 is 0. The first-order valence-electron chi connectivity index (χ1n) is 6.61. The van der Waals surface area contributed by atoms with Crippen LogP contribution < -0.4 is 4.90 Å². The van der Waals surface area contributed by atoms with Crippen molar-refractivity contribution in [2.45, 2.75) is 18.9 Å². The predicted molar refractivity (Wildman–Crippen MR) is 74.8 cm³/mol. The highest BCUT2D eigenvalue weighted by Crippen LogP contribution is 2.34. The van der Waals surface area contributed by atoms with Crippen molar-refractivity contribution >= 4 is 11.8 Å². The van der Waals surface area contributed by atoms with Crippen LogP contribution in [0, 0.1) is 0 Å². The highest BCUT2D eigenvalue weighted by Gasteiger charge is 2.26. The van der Waals surface area contributed by atoms with Crippen LogP contribution in [-0.4, -0.2) is 27.6 Å². The fourth-order valence-electron chi connectivity index (χ4n) is 2.66. The predicted octanol–water partition coefficient (Wildman–Crippen LogP) is 2.52.